The first-order chi connectivity index (χ1) is 9.74. The van der Waals surface area contributed by atoms with Crippen molar-refractivity contribution in [3.63, 3.8) is 0 Å². The second-order valence-corrected chi connectivity index (χ2v) is 6.15. The Balaban J connectivity index is 1.73. The Labute approximate surface area is 123 Å². The highest BCUT2D eigenvalue weighted by atomic mass is 32.1. The van der Waals surface area contributed by atoms with Gasteiger partial charge in [-0.1, -0.05) is 18.2 Å². The SMILES string of the molecule is Cc1cccc(NC(=O)N2CCC[C@@H]2c2cccs2)c1. The summed E-state index contributed by atoms with van der Waals surface area (Å²) in [5, 5.41) is 5.08. The maximum Gasteiger partial charge on any atom is 0.322 e. The van der Waals surface area contributed by atoms with Gasteiger partial charge in [-0.2, -0.15) is 0 Å². The molecule has 0 aliphatic carbocycles. The van der Waals surface area contributed by atoms with E-state index in [1.807, 2.05) is 36.1 Å². The number of anilines is 1. The number of hydrogen-bond acceptors (Lipinski definition) is 2. The quantitative estimate of drug-likeness (QED) is 0.870. The van der Waals surface area contributed by atoms with Gasteiger partial charge in [0, 0.05) is 17.1 Å². The molecular weight excluding hydrogens is 268 g/mol. The highest BCUT2D eigenvalue weighted by molar-refractivity contribution is 7.10. The summed E-state index contributed by atoms with van der Waals surface area (Å²) >= 11 is 1.73. The van der Waals surface area contributed by atoms with Crippen LogP contribution >= 0.6 is 11.3 Å². The van der Waals surface area contributed by atoms with Crippen molar-refractivity contribution in [1.29, 1.82) is 0 Å². The third-order valence-electron chi connectivity index (χ3n) is 3.65. The molecule has 0 bridgehead atoms. The van der Waals surface area contributed by atoms with Gasteiger partial charge < -0.3 is 10.2 Å². The molecule has 0 radical (unpaired) electrons. The molecule has 1 aliphatic rings. The average molecular weight is 286 g/mol. The molecule has 104 valence electrons. The summed E-state index contributed by atoms with van der Waals surface area (Å²) in [5.41, 5.74) is 2.02. The lowest BCUT2D eigenvalue weighted by Gasteiger charge is -2.24. The van der Waals surface area contributed by atoms with E-state index in [1.54, 1.807) is 11.3 Å². The molecule has 1 N–H and O–H groups in total. The molecule has 0 unspecified atom stereocenters. The molecule has 1 aliphatic heterocycles. The Morgan fingerprint density at radius 3 is 3.00 bits per heavy atom. The number of amides is 2. The summed E-state index contributed by atoms with van der Waals surface area (Å²) in [7, 11) is 0. The van der Waals surface area contributed by atoms with Gasteiger partial charge in [-0.25, -0.2) is 4.79 Å². The van der Waals surface area contributed by atoms with Gasteiger partial charge in [-0.3, -0.25) is 0 Å². The third kappa shape index (κ3) is 2.70. The summed E-state index contributed by atoms with van der Waals surface area (Å²) in [6, 6.07) is 12.3. The predicted octanol–water partition coefficient (Wildman–Crippen LogP) is 4.43. The van der Waals surface area contributed by atoms with E-state index >= 15 is 0 Å². The van der Waals surface area contributed by atoms with Crippen molar-refractivity contribution in [1.82, 2.24) is 4.90 Å². The van der Waals surface area contributed by atoms with E-state index in [0.29, 0.717) is 0 Å². The standard InChI is InChI=1S/C16H18N2OS/c1-12-5-2-6-13(11-12)17-16(19)18-9-3-7-14(18)15-8-4-10-20-15/h2,4-6,8,10-11,14H,3,7,9H2,1H3,(H,17,19)/t14-/m1/s1. The Hall–Kier alpha value is -1.81. The first-order valence-electron chi connectivity index (χ1n) is 6.92. The van der Waals surface area contributed by atoms with Crippen LogP contribution in [0.2, 0.25) is 0 Å². The molecule has 3 rings (SSSR count). The third-order valence-corrected chi connectivity index (χ3v) is 4.63. The van der Waals surface area contributed by atoms with E-state index in [2.05, 4.69) is 22.8 Å². The zero-order chi connectivity index (χ0) is 13.9. The van der Waals surface area contributed by atoms with Gasteiger partial charge in [0.1, 0.15) is 0 Å². The molecule has 0 saturated carbocycles. The highest BCUT2D eigenvalue weighted by Crippen LogP contribution is 2.34. The van der Waals surface area contributed by atoms with Crippen LogP contribution in [0.3, 0.4) is 0 Å². The average Bonchev–Trinajstić information content (AvgIpc) is 3.09. The summed E-state index contributed by atoms with van der Waals surface area (Å²) in [5.74, 6) is 0. The number of hydrogen-bond donors (Lipinski definition) is 1. The molecule has 3 nitrogen and oxygen atoms in total. The van der Waals surface area contributed by atoms with Gasteiger partial charge in [0.25, 0.3) is 0 Å². The van der Waals surface area contributed by atoms with Crippen LogP contribution in [0.15, 0.2) is 41.8 Å². The molecule has 1 aromatic heterocycles. The fraction of sp³-hybridized carbons (Fsp3) is 0.312. The molecule has 2 aromatic rings. The van der Waals surface area contributed by atoms with Crippen LogP contribution in [0.4, 0.5) is 10.5 Å². The van der Waals surface area contributed by atoms with Crippen molar-refractivity contribution in [3.8, 4) is 0 Å². The molecular formula is C16H18N2OS. The van der Waals surface area contributed by atoms with Crippen LogP contribution in [-0.4, -0.2) is 17.5 Å². The number of thiophene rings is 1. The van der Waals surface area contributed by atoms with E-state index in [-0.39, 0.29) is 12.1 Å². The molecule has 2 amide bonds. The van der Waals surface area contributed by atoms with Gasteiger partial charge in [0.05, 0.1) is 6.04 Å². The van der Waals surface area contributed by atoms with Crippen LogP contribution < -0.4 is 5.32 Å². The summed E-state index contributed by atoms with van der Waals surface area (Å²) in [6.45, 7) is 2.86. The number of likely N-dealkylation sites (tertiary alicyclic amines) is 1. The van der Waals surface area contributed by atoms with Crippen LogP contribution in [0, 0.1) is 6.92 Å². The number of aryl methyl sites for hydroxylation is 1. The van der Waals surface area contributed by atoms with Crippen molar-refractivity contribution in [3.05, 3.63) is 52.2 Å². The van der Waals surface area contributed by atoms with E-state index in [0.717, 1.165) is 30.6 Å². The monoisotopic (exact) mass is 286 g/mol. The Morgan fingerprint density at radius 1 is 1.35 bits per heavy atom. The first kappa shape index (κ1) is 13.2. The predicted molar refractivity (Wildman–Crippen MR) is 83.2 cm³/mol. The maximum absolute atomic E-state index is 12.5. The number of rotatable bonds is 2. The van der Waals surface area contributed by atoms with Crippen molar-refractivity contribution in [2.45, 2.75) is 25.8 Å². The number of carbonyl (C=O) groups is 1. The summed E-state index contributed by atoms with van der Waals surface area (Å²) in [4.78, 5) is 15.7. The normalized spacial score (nSPS) is 18.2. The molecule has 0 spiro atoms. The highest BCUT2D eigenvalue weighted by Gasteiger charge is 2.30. The Bertz CT molecular complexity index is 594. The zero-order valence-corrected chi connectivity index (χ0v) is 12.3. The van der Waals surface area contributed by atoms with Gasteiger partial charge in [0.15, 0.2) is 0 Å². The molecule has 1 aromatic carbocycles. The minimum absolute atomic E-state index is 0.00602. The van der Waals surface area contributed by atoms with Crippen LogP contribution in [0.5, 0.6) is 0 Å². The lowest BCUT2D eigenvalue weighted by atomic mass is 10.2. The van der Waals surface area contributed by atoms with Crippen LogP contribution in [-0.2, 0) is 0 Å². The van der Waals surface area contributed by atoms with Gasteiger partial charge in [-0.15, -0.1) is 11.3 Å². The fourth-order valence-corrected chi connectivity index (χ4v) is 3.58. The van der Waals surface area contributed by atoms with E-state index in [1.165, 1.54) is 4.88 Å². The summed E-state index contributed by atoms with van der Waals surface area (Å²) < 4.78 is 0. The lowest BCUT2D eigenvalue weighted by molar-refractivity contribution is 0.208. The van der Waals surface area contributed by atoms with Crippen molar-refractivity contribution in [2.75, 3.05) is 11.9 Å². The number of nitrogens with zero attached hydrogens (tertiary/aromatic N) is 1. The van der Waals surface area contributed by atoms with E-state index < -0.39 is 0 Å². The van der Waals surface area contributed by atoms with Crippen LogP contribution in [0.25, 0.3) is 0 Å². The molecule has 1 fully saturated rings. The number of urea groups is 1. The topological polar surface area (TPSA) is 32.3 Å². The molecule has 4 heteroatoms. The van der Waals surface area contributed by atoms with Gasteiger partial charge in [0.2, 0.25) is 0 Å². The van der Waals surface area contributed by atoms with Gasteiger partial charge in [-0.05, 0) is 48.9 Å². The number of benzene rings is 1. The van der Waals surface area contributed by atoms with Crippen molar-refractivity contribution >= 4 is 23.1 Å². The largest absolute Gasteiger partial charge is 0.322 e. The second-order valence-electron chi connectivity index (χ2n) is 5.17. The maximum atomic E-state index is 12.5. The minimum Gasteiger partial charge on any atom is -0.317 e. The Kier molecular flexibility index (Phi) is 3.74. The van der Waals surface area contributed by atoms with Crippen molar-refractivity contribution in [2.24, 2.45) is 0 Å². The summed E-state index contributed by atoms with van der Waals surface area (Å²) in [6.07, 6.45) is 2.13. The zero-order valence-electron chi connectivity index (χ0n) is 11.5. The minimum atomic E-state index is 0.00602. The van der Waals surface area contributed by atoms with Gasteiger partial charge >= 0.3 is 6.03 Å². The number of carbonyl (C=O) groups excluding carboxylic acids is 1. The first-order valence-corrected chi connectivity index (χ1v) is 7.80. The molecule has 2 heterocycles. The number of nitrogens with one attached hydrogen (secondary N) is 1. The van der Waals surface area contributed by atoms with Crippen LogP contribution in [0.1, 0.15) is 29.3 Å². The molecule has 1 atom stereocenters. The lowest BCUT2D eigenvalue weighted by Crippen LogP contribution is -2.34. The Morgan fingerprint density at radius 2 is 2.25 bits per heavy atom. The van der Waals surface area contributed by atoms with E-state index in [4.69, 9.17) is 0 Å². The second kappa shape index (κ2) is 5.67. The smallest absolute Gasteiger partial charge is 0.317 e. The molecule has 1 saturated heterocycles. The fourth-order valence-electron chi connectivity index (χ4n) is 2.70. The van der Waals surface area contributed by atoms with E-state index in [9.17, 15) is 4.79 Å². The van der Waals surface area contributed by atoms with Crippen molar-refractivity contribution < 1.29 is 4.79 Å². The molecule has 20 heavy (non-hydrogen) atoms.